The van der Waals surface area contributed by atoms with E-state index in [0.29, 0.717) is 17.9 Å². The average molecular weight is 290 g/mol. The van der Waals surface area contributed by atoms with E-state index in [1.807, 2.05) is 0 Å². The number of aromatic nitrogens is 2. The number of rotatable bonds is 8. The van der Waals surface area contributed by atoms with Gasteiger partial charge >= 0.3 is 0 Å². The summed E-state index contributed by atoms with van der Waals surface area (Å²) in [7, 11) is 0. The van der Waals surface area contributed by atoms with Crippen LogP contribution < -0.4 is 10.6 Å². The summed E-state index contributed by atoms with van der Waals surface area (Å²) in [6.45, 7) is 11.9. The summed E-state index contributed by atoms with van der Waals surface area (Å²) in [5.74, 6) is 4.28. The van der Waals surface area contributed by atoms with Crippen LogP contribution in [0.3, 0.4) is 0 Å². The van der Waals surface area contributed by atoms with Gasteiger partial charge in [0.25, 0.3) is 0 Å². The maximum atomic E-state index is 4.81. The Morgan fingerprint density at radius 1 is 1.10 bits per heavy atom. The standard InChI is InChI=1S/C17H30N4/c1-6-13(7-2)12(5)19-16-11(4)15(18-8-3)20-17(21-16)14-9-10-14/h12-14H,6-10H2,1-5H3,(H2,18,19,20,21). The van der Waals surface area contributed by atoms with Crippen molar-refractivity contribution in [1.29, 1.82) is 0 Å². The van der Waals surface area contributed by atoms with E-state index < -0.39 is 0 Å². The van der Waals surface area contributed by atoms with Crippen LogP contribution in [0.5, 0.6) is 0 Å². The molecule has 1 heterocycles. The van der Waals surface area contributed by atoms with E-state index in [0.717, 1.165) is 29.6 Å². The number of nitrogens with one attached hydrogen (secondary N) is 2. The molecule has 1 fully saturated rings. The summed E-state index contributed by atoms with van der Waals surface area (Å²) in [5, 5.41) is 7.02. The molecule has 1 aromatic heterocycles. The summed E-state index contributed by atoms with van der Waals surface area (Å²) >= 11 is 0. The van der Waals surface area contributed by atoms with Gasteiger partial charge in [0.2, 0.25) is 0 Å². The van der Waals surface area contributed by atoms with Gasteiger partial charge in [0, 0.05) is 24.1 Å². The topological polar surface area (TPSA) is 49.8 Å². The lowest BCUT2D eigenvalue weighted by molar-refractivity contribution is 0.437. The number of hydrogen-bond acceptors (Lipinski definition) is 4. The largest absolute Gasteiger partial charge is 0.370 e. The summed E-state index contributed by atoms with van der Waals surface area (Å²) in [4.78, 5) is 9.52. The Hall–Kier alpha value is -1.32. The van der Waals surface area contributed by atoms with Gasteiger partial charge in [-0.1, -0.05) is 26.7 Å². The number of hydrogen-bond donors (Lipinski definition) is 2. The van der Waals surface area contributed by atoms with Gasteiger partial charge < -0.3 is 10.6 Å². The fraction of sp³-hybridized carbons (Fsp3) is 0.765. The summed E-state index contributed by atoms with van der Waals surface area (Å²) in [6.07, 6.45) is 4.86. The van der Waals surface area contributed by atoms with Crippen molar-refractivity contribution in [3.05, 3.63) is 11.4 Å². The van der Waals surface area contributed by atoms with Crippen molar-refractivity contribution in [1.82, 2.24) is 9.97 Å². The quantitative estimate of drug-likeness (QED) is 0.748. The molecule has 0 radical (unpaired) electrons. The van der Waals surface area contributed by atoms with E-state index in [4.69, 9.17) is 9.97 Å². The minimum atomic E-state index is 0.440. The number of nitrogens with zero attached hydrogens (tertiary/aromatic N) is 2. The maximum Gasteiger partial charge on any atom is 0.136 e. The van der Waals surface area contributed by atoms with Crippen LogP contribution in [0.1, 0.15) is 70.7 Å². The van der Waals surface area contributed by atoms with E-state index in [-0.39, 0.29) is 0 Å². The third kappa shape index (κ3) is 3.86. The molecule has 0 aromatic carbocycles. The fourth-order valence-electron chi connectivity index (χ4n) is 2.87. The average Bonchev–Trinajstić information content (AvgIpc) is 3.29. The molecular formula is C17H30N4. The smallest absolute Gasteiger partial charge is 0.136 e. The van der Waals surface area contributed by atoms with Crippen LogP contribution in [0.25, 0.3) is 0 Å². The maximum absolute atomic E-state index is 4.81. The Bertz CT molecular complexity index is 464. The van der Waals surface area contributed by atoms with Gasteiger partial charge in [-0.15, -0.1) is 0 Å². The monoisotopic (exact) mass is 290 g/mol. The highest BCUT2D eigenvalue weighted by atomic mass is 15.1. The molecule has 1 aliphatic rings. The molecule has 1 saturated carbocycles. The number of anilines is 2. The second-order valence-corrected chi connectivity index (χ2v) is 6.22. The summed E-state index contributed by atoms with van der Waals surface area (Å²) in [5.41, 5.74) is 1.14. The van der Waals surface area contributed by atoms with Gasteiger partial charge in [-0.25, -0.2) is 9.97 Å². The van der Waals surface area contributed by atoms with Crippen LogP contribution in [0.2, 0.25) is 0 Å². The fourth-order valence-corrected chi connectivity index (χ4v) is 2.87. The Balaban J connectivity index is 2.24. The van der Waals surface area contributed by atoms with Crippen LogP contribution >= 0.6 is 0 Å². The molecule has 4 heteroatoms. The van der Waals surface area contributed by atoms with Crippen molar-refractivity contribution in [2.45, 2.75) is 72.3 Å². The summed E-state index contributed by atoms with van der Waals surface area (Å²) < 4.78 is 0. The molecule has 0 aliphatic heterocycles. The lowest BCUT2D eigenvalue weighted by Gasteiger charge is -2.24. The predicted molar refractivity (Wildman–Crippen MR) is 90.1 cm³/mol. The second-order valence-electron chi connectivity index (χ2n) is 6.22. The molecule has 2 N–H and O–H groups in total. The molecule has 1 aliphatic carbocycles. The Morgan fingerprint density at radius 2 is 1.71 bits per heavy atom. The molecule has 4 nitrogen and oxygen atoms in total. The molecule has 2 rings (SSSR count). The second kappa shape index (κ2) is 7.10. The molecule has 1 unspecified atom stereocenters. The lowest BCUT2D eigenvalue weighted by Crippen LogP contribution is -2.26. The minimum absolute atomic E-state index is 0.440. The molecule has 0 bridgehead atoms. The first-order valence-electron chi connectivity index (χ1n) is 8.49. The molecule has 0 saturated heterocycles. The SMILES string of the molecule is CCNc1nc(C2CC2)nc(NC(C)C(CC)CC)c1C. The van der Waals surface area contributed by atoms with Crippen LogP contribution in [-0.4, -0.2) is 22.6 Å². The Labute approximate surface area is 129 Å². The van der Waals surface area contributed by atoms with Crippen LogP contribution in [0, 0.1) is 12.8 Å². The Morgan fingerprint density at radius 3 is 2.24 bits per heavy atom. The zero-order valence-electron chi connectivity index (χ0n) is 14.2. The van der Waals surface area contributed by atoms with Crippen molar-refractivity contribution in [2.24, 2.45) is 5.92 Å². The zero-order valence-corrected chi connectivity index (χ0v) is 14.2. The van der Waals surface area contributed by atoms with Crippen molar-refractivity contribution in [3.8, 4) is 0 Å². The third-order valence-electron chi connectivity index (χ3n) is 4.57. The van der Waals surface area contributed by atoms with Crippen LogP contribution in [0.15, 0.2) is 0 Å². The molecule has 0 spiro atoms. The molecular weight excluding hydrogens is 260 g/mol. The highest BCUT2D eigenvalue weighted by Gasteiger charge is 2.28. The van der Waals surface area contributed by atoms with Crippen LogP contribution in [0.4, 0.5) is 11.6 Å². The summed E-state index contributed by atoms with van der Waals surface area (Å²) in [6, 6.07) is 0.440. The van der Waals surface area contributed by atoms with E-state index in [1.54, 1.807) is 0 Å². The highest BCUT2D eigenvalue weighted by molar-refractivity contribution is 5.58. The molecule has 0 amide bonds. The van der Waals surface area contributed by atoms with Crippen molar-refractivity contribution < 1.29 is 0 Å². The normalized spacial score (nSPS) is 16.1. The van der Waals surface area contributed by atoms with Gasteiger partial charge in [0.05, 0.1) is 0 Å². The van der Waals surface area contributed by atoms with Crippen molar-refractivity contribution in [3.63, 3.8) is 0 Å². The first-order chi connectivity index (χ1) is 10.1. The molecule has 118 valence electrons. The van der Waals surface area contributed by atoms with Gasteiger partial charge in [-0.2, -0.15) is 0 Å². The van der Waals surface area contributed by atoms with E-state index in [9.17, 15) is 0 Å². The van der Waals surface area contributed by atoms with E-state index >= 15 is 0 Å². The first-order valence-corrected chi connectivity index (χ1v) is 8.49. The van der Waals surface area contributed by atoms with Crippen molar-refractivity contribution >= 4 is 11.6 Å². The Kier molecular flexibility index (Phi) is 5.43. The van der Waals surface area contributed by atoms with Crippen LogP contribution in [-0.2, 0) is 0 Å². The predicted octanol–water partition coefficient (Wildman–Crippen LogP) is 4.33. The van der Waals surface area contributed by atoms with E-state index in [1.165, 1.54) is 25.7 Å². The van der Waals surface area contributed by atoms with Crippen molar-refractivity contribution in [2.75, 3.05) is 17.2 Å². The van der Waals surface area contributed by atoms with Gasteiger partial charge in [-0.05, 0) is 39.5 Å². The highest BCUT2D eigenvalue weighted by Crippen LogP contribution is 2.39. The third-order valence-corrected chi connectivity index (χ3v) is 4.57. The van der Waals surface area contributed by atoms with Gasteiger partial charge in [0.1, 0.15) is 17.5 Å². The zero-order chi connectivity index (χ0) is 15.4. The molecule has 1 atom stereocenters. The molecule has 1 aromatic rings. The minimum Gasteiger partial charge on any atom is -0.370 e. The first kappa shape index (κ1) is 16.1. The van der Waals surface area contributed by atoms with Gasteiger partial charge in [-0.3, -0.25) is 0 Å². The van der Waals surface area contributed by atoms with E-state index in [2.05, 4.69) is 45.3 Å². The molecule has 21 heavy (non-hydrogen) atoms. The lowest BCUT2D eigenvalue weighted by atomic mass is 9.95. The van der Waals surface area contributed by atoms with Gasteiger partial charge in [0.15, 0.2) is 0 Å².